The van der Waals surface area contributed by atoms with Crippen LogP contribution in [0.4, 0.5) is 21.9 Å². The summed E-state index contributed by atoms with van der Waals surface area (Å²) in [6, 6.07) is 24.5. The molecule has 41 heavy (non-hydrogen) atoms. The lowest BCUT2D eigenvalue weighted by Gasteiger charge is -2.27. The first-order valence-electron chi connectivity index (χ1n) is 13.5. The molecule has 10 heteroatoms. The lowest BCUT2D eigenvalue weighted by molar-refractivity contribution is -0.123. The van der Waals surface area contributed by atoms with E-state index < -0.39 is 18.1 Å². The number of hydrogen-bond donors (Lipinski definition) is 2. The van der Waals surface area contributed by atoms with Crippen LogP contribution in [0.1, 0.15) is 24.0 Å². The summed E-state index contributed by atoms with van der Waals surface area (Å²) in [5.74, 6) is -0.816. The maximum Gasteiger partial charge on any atom is 0.321 e. The lowest BCUT2D eigenvalue weighted by atomic mass is 10.1. The number of hydrogen-bond acceptors (Lipinski definition) is 6. The molecule has 10 nitrogen and oxygen atoms in total. The van der Waals surface area contributed by atoms with Gasteiger partial charge in [-0.1, -0.05) is 42.5 Å². The second kappa shape index (κ2) is 12.4. The van der Waals surface area contributed by atoms with Crippen molar-refractivity contribution in [3.8, 4) is 6.07 Å². The number of rotatable bonds is 7. The molecule has 1 fully saturated rings. The minimum absolute atomic E-state index is 0.238. The molecule has 208 valence electrons. The zero-order valence-corrected chi connectivity index (χ0v) is 22.8. The highest BCUT2D eigenvalue weighted by atomic mass is 16.2. The van der Waals surface area contributed by atoms with E-state index in [1.807, 2.05) is 54.6 Å². The van der Waals surface area contributed by atoms with E-state index >= 15 is 0 Å². The van der Waals surface area contributed by atoms with Crippen LogP contribution in [0, 0.1) is 11.3 Å². The van der Waals surface area contributed by atoms with Crippen LogP contribution in [0.15, 0.2) is 83.9 Å². The third-order valence-electron chi connectivity index (χ3n) is 7.19. The summed E-state index contributed by atoms with van der Waals surface area (Å²) in [6.45, 7) is 2.12. The standard InChI is InChI=1S/C31H31N7O3/c1-36(24-12-3-2-4-13-24)28(39)21-38-27-15-6-5-14-25(27)26(20-37-16-7-8-17-37)34-29(30(38)40)35-31(41)33-23-11-9-10-22(18-23)19-32/h2-6,9-15,18,29H,7-8,16-17,20-21H2,1H3,(H2,33,35,41). The minimum atomic E-state index is -1.27. The summed E-state index contributed by atoms with van der Waals surface area (Å²) in [7, 11) is 1.67. The molecule has 0 radical (unpaired) electrons. The van der Waals surface area contributed by atoms with E-state index in [4.69, 9.17) is 4.99 Å². The molecule has 0 aliphatic carbocycles. The number of anilines is 3. The molecule has 0 aromatic heterocycles. The maximum absolute atomic E-state index is 14.0. The Labute approximate surface area is 238 Å². The summed E-state index contributed by atoms with van der Waals surface area (Å²) < 4.78 is 0. The number of likely N-dealkylation sites (tertiary alicyclic amines) is 1. The Morgan fingerprint density at radius 3 is 2.51 bits per heavy atom. The fourth-order valence-corrected chi connectivity index (χ4v) is 5.03. The Balaban J connectivity index is 1.46. The molecule has 2 aliphatic rings. The van der Waals surface area contributed by atoms with Gasteiger partial charge in [0.1, 0.15) is 6.54 Å². The Kier molecular flexibility index (Phi) is 8.36. The van der Waals surface area contributed by atoms with E-state index in [1.165, 1.54) is 15.9 Å². The van der Waals surface area contributed by atoms with Crippen molar-refractivity contribution in [1.82, 2.24) is 10.2 Å². The van der Waals surface area contributed by atoms with Crippen LogP contribution < -0.4 is 20.4 Å². The number of benzodiazepines with no additional fused rings is 1. The topological polar surface area (TPSA) is 121 Å². The smallest absolute Gasteiger partial charge is 0.314 e. The van der Waals surface area contributed by atoms with Gasteiger partial charge in [-0.15, -0.1) is 0 Å². The number of para-hydroxylation sites is 2. The zero-order valence-electron chi connectivity index (χ0n) is 22.8. The van der Waals surface area contributed by atoms with E-state index in [1.54, 1.807) is 31.3 Å². The monoisotopic (exact) mass is 549 g/mol. The normalized spacial score (nSPS) is 16.7. The number of aliphatic imine (C=N–C) groups is 1. The molecule has 0 spiro atoms. The van der Waals surface area contributed by atoms with Crippen LogP contribution >= 0.6 is 0 Å². The van der Waals surface area contributed by atoms with Gasteiger partial charge >= 0.3 is 6.03 Å². The van der Waals surface area contributed by atoms with Crippen LogP contribution in [0.25, 0.3) is 0 Å². The Hall–Kier alpha value is -5.01. The molecule has 2 aliphatic heterocycles. The summed E-state index contributed by atoms with van der Waals surface area (Å²) in [4.78, 5) is 50.5. The molecule has 5 rings (SSSR count). The van der Waals surface area contributed by atoms with Gasteiger partial charge in [-0.3, -0.25) is 24.4 Å². The van der Waals surface area contributed by atoms with Crippen molar-refractivity contribution in [1.29, 1.82) is 5.26 Å². The number of likely N-dealkylation sites (N-methyl/N-ethyl adjacent to an activating group) is 1. The minimum Gasteiger partial charge on any atom is -0.314 e. The number of nitrogens with one attached hydrogen (secondary N) is 2. The predicted molar refractivity (Wildman–Crippen MR) is 158 cm³/mol. The first-order valence-corrected chi connectivity index (χ1v) is 13.5. The van der Waals surface area contributed by atoms with Gasteiger partial charge in [-0.25, -0.2) is 4.79 Å². The van der Waals surface area contributed by atoms with Crippen molar-refractivity contribution in [3.05, 3.63) is 90.0 Å². The van der Waals surface area contributed by atoms with Crippen LogP contribution in [0.5, 0.6) is 0 Å². The summed E-state index contributed by atoms with van der Waals surface area (Å²) in [6.07, 6.45) is 0.909. The molecule has 2 N–H and O–H groups in total. The number of urea groups is 1. The third-order valence-corrected chi connectivity index (χ3v) is 7.19. The van der Waals surface area contributed by atoms with Gasteiger partial charge in [-0.2, -0.15) is 5.26 Å². The number of carbonyl (C=O) groups excluding carboxylic acids is 3. The molecule has 1 unspecified atom stereocenters. The molecule has 3 aromatic carbocycles. The second-order valence-corrected chi connectivity index (χ2v) is 9.98. The van der Waals surface area contributed by atoms with Crippen LogP contribution in [0.3, 0.4) is 0 Å². The quantitative estimate of drug-likeness (QED) is 0.467. The number of amides is 4. The number of fused-ring (bicyclic) bond motifs is 1. The maximum atomic E-state index is 14.0. The van der Waals surface area contributed by atoms with Gasteiger partial charge in [0.25, 0.3) is 5.91 Å². The van der Waals surface area contributed by atoms with Gasteiger partial charge in [0.15, 0.2) is 0 Å². The Bertz CT molecular complexity index is 1510. The molecular weight excluding hydrogens is 518 g/mol. The van der Waals surface area contributed by atoms with E-state index in [9.17, 15) is 19.6 Å². The van der Waals surface area contributed by atoms with E-state index in [0.29, 0.717) is 34.9 Å². The summed E-state index contributed by atoms with van der Waals surface area (Å²) in [5, 5.41) is 14.6. The highest BCUT2D eigenvalue weighted by molar-refractivity contribution is 6.16. The van der Waals surface area contributed by atoms with Crippen LogP contribution in [-0.2, 0) is 9.59 Å². The van der Waals surface area contributed by atoms with Crippen LogP contribution in [-0.4, -0.2) is 67.8 Å². The Morgan fingerprint density at radius 2 is 1.76 bits per heavy atom. The molecule has 3 aromatic rings. The van der Waals surface area contributed by atoms with Gasteiger partial charge in [0, 0.05) is 30.5 Å². The number of carbonyl (C=O) groups is 3. The van der Waals surface area contributed by atoms with Gasteiger partial charge in [0.2, 0.25) is 12.1 Å². The number of nitriles is 1. The predicted octanol–water partition coefficient (Wildman–Crippen LogP) is 3.60. The SMILES string of the molecule is CN(C(=O)CN1C(=O)C(NC(=O)Nc2cccc(C#N)c2)N=C(CN2CCCC2)c2ccccc21)c1ccccc1. The van der Waals surface area contributed by atoms with Crippen molar-refractivity contribution in [2.24, 2.45) is 4.99 Å². The van der Waals surface area contributed by atoms with Crippen molar-refractivity contribution >= 4 is 40.6 Å². The molecule has 4 amide bonds. The number of benzene rings is 3. The first-order chi connectivity index (χ1) is 19.9. The van der Waals surface area contributed by atoms with E-state index in [-0.39, 0.29) is 12.5 Å². The molecule has 1 saturated heterocycles. The largest absolute Gasteiger partial charge is 0.321 e. The van der Waals surface area contributed by atoms with Crippen molar-refractivity contribution in [3.63, 3.8) is 0 Å². The van der Waals surface area contributed by atoms with Crippen molar-refractivity contribution in [2.75, 3.05) is 48.3 Å². The van der Waals surface area contributed by atoms with Gasteiger partial charge in [-0.05, 0) is 62.3 Å². The first kappa shape index (κ1) is 27.6. The van der Waals surface area contributed by atoms with Gasteiger partial charge < -0.3 is 15.5 Å². The van der Waals surface area contributed by atoms with Crippen molar-refractivity contribution < 1.29 is 14.4 Å². The number of nitrogens with zero attached hydrogens (tertiary/aromatic N) is 5. The fourth-order valence-electron chi connectivity index (χ4n) is 5.03. The van der Waals surface area contributed by atoms with Gasteiger partial charge in [0.05, 0.1) is 23.0 Å². The highest BCUT2D eigenvalue weighted by Gasteiger charge is 2.35. The summed E-state index contributed by atoms with van der Waals surface area (Å²) in [5.41, 5.74) is 3.48. The molecule has 1 atom stereocenters. The molecule has 0 saturated carbocycles. The van der Waals surface area contributed by atoms with Crippen LogP contribution in [0.2, 0.25) is 0 Å². The Morgan fingerprint density at radius 1 is 1.02 bits per heavy atom. The van der Waals surface area contributed by atoms with E-state index in [2.05, 4.69) is 15.5 Å². The second-order valence-electron chi connectivity index (χ2n) is 9.98. The lowest BCUT2D eigenvalue weighted by Crippen LogP contribution is -2.51. The zero-order chi connectivity index (χ0) is 28.8. The molecule has 2 heterocycles. The van der Waals surface area contributed by atoms with Crippen molar-refractivity contribution in [2.45, 2.75) is 19.0 Å². The third kappa shape index (κ3) is 6.42. The summed E-state index contributed by atoms with van der Waals surface area (Å²) >= 11 is 0. The molecular formula is C31H31N7O3. The fraction of sp³-hybridized carbons (Fsp3) is 0.258. The highest BCUT2D eigenvalue weighted by Crippen LogP contribution is 2.27. The van der Waals surface area contributed by atoms with E-state index in [0.717, 1.165) is 31.5 Å². The molecule has 0 bridgehead atoms. The average molecular weight is 550 g/mol. The average Bonchev–Trinajstić information content (AvgIpc) is 3.49.